The Kier molecular flexibility index (Phi) is 2.00. The van der Waals surface area contributed by atoms with Crippen molar-refractivity contribution in [3.63, 3.8) is 0 Å². The second kappa shape index (κ2) is 3.20. The Morgan fingerprint density at radius 3 is 2.80 bits per heavy atom. The number of para-hydroxylation sites is 1. The van der Waals surface area contributed by atoms with Crippen molar-refractivity contribution in [2.24, 2.45) is 0 Å². The number of hydrogen-bond donors (Lipinski definition) is 0. The molecule has 0 aliphatic heterocycles. The number of hydrogen-bond acceptors (Lipinski definition) is 3. The molecule has 0 amide bonds. The van der Waals surface area contributed by atoms with Crippen LogP contribution in [0.4, 0.5) is 5.69 Å². The molecule has 0 saturated heterocycles. The summed E-state index contributed by atoms with van der Waals surface area (Å²) in [4.78, 5) is 9.96. The van der Waals surface area contributed by atoms with Crippen molar-refractivity contribution in [1.29, 1.82) is 0 Å². The summed E-state index contributed by atoms with van der Waals surface area (Å²) in [6.07, 6.45) is 0.981. The maximum Gasteiger partial charge on any atom is 0.334 e. The lowest BCUT2D eigenvalue weighted by atomic mass is 10.1. The Balaban J connectivity index is 2.84. The van der Waals surface area contributed by atoms with Gasteiger partial charge in [0.2, 0.25) is 5.52 Å². The molecule has 1 heterocycles. The molecule has 0 aliphatic rings. The van der Waals surface area contributed by atoms with Crippen LogP contribution in [0.5, 0.6) is 0 Å². The molecule has 0 unspecified atom stereocenters. The van der Waals surface area contributed by atoms with Gasteiger partial charge in [-0.05, 0) is 13.0 Å². The van der Waals surface area contributed by atoms with Gasteiger partial charge in [-0.2, -0.15) is 4.73 Å². The van der Waals surface area contributed by atoms with Gasteiger partial charge in [0.15, 0.2) is 0 Å². The Hall–Kier alpha value is -2.17. The molecule has 1 aromatic heterocycles. The van der Waals surface area contributed by atoms with Crippen LogP contribution in [0.2, 0.25) is 0 Å². The van der Waals surface area contributed by atoms with Gasteiger partial charge in [0, 0.05) is 11.6 Å². The fraction of sp³-hybridized carbons (Fsp3) is 0.100. The third kappa shape index (κ3) is 1.48. The van der Waals surface area contributed by atoms with Crippen LogP contribution in [0.15, 0.2) is 30.5 Å². The van der Waals surface area contributed by atoms with Crippen molar-refractivity contribution in [2.45, 2.75) is 6.92 Å². The van der Waals surface area contributed by atoms with Crippen LogP contribution >= 0.6 is 0 Å². The second-order valence-corrected chi connectivity index (χ2v) is 3.29. The molecule has 1 aromatic carbocycles. The van der Waals surface area contributed by atoms with Crippen LogP contribution < -0.4 is 4.73 Å². The van der Waals surface area contributed by atoms with Crippen LogP contribution in [0.1, 0.15) is 5.56 Å². The van der Waals surface area contributed by atoms with Crippen molar-refractivity contribution in [3.05, 3.63) is 51.3 Å². The first kappa shape index (κ1) is 9.39. The van der Waals surface area contributed by atoms with E-state index in [1.165, 1.54) is 6.07 Å². The lowest BCUT2D eigenvalue weighted by Crippen LogP contribution is -2.27. The van der Waals surface area contributed by atoms with Crippen molar-refractivity contribution in [2.75, 3.05) is 0 Å². The molecule has 0 spiro atoms. The molecular weight excluding hydrogens is 196 g/mol. The highest BCUT2D eigenvalue weighted by Gasteiger charge is 2.15. The van der Waals surface area contributed by atoms with Crippen LogP contribution in [-0.2, 0) is 0 Å². The van der Waals surface area contributed by atoms with Crippen LogP contribution in [0.3, 0.4) is 0 Å². The van der Waals surface area contributed by atoms with Gasteiger partial charge in [-0.1, -0.05) is 12.1 Å². The SMILES string of the molecule is Cc1cccc2cc([N+](=O)[O-])c[n+]([O-])c12. The number of rotatable bonds is 1. The molecule has 5 heteroatoms. The number of aromatic nitrogens is 1. The van der Waals surface area contributed by atoms with E-state index in [-0.39, 0.29) is 5.69 Å². The van der Waals surface area contributed by atoms with E-state index in [1.807, 2.05) is 0 Å². The minimum absolute atomic E-state index is 0.192. The second-order valence-electron chi connectivity index (χ2n) is 3.29. The summed E-state index contributed by atoms with van der Waals surface area (Å²) in [5.74, 6) is 0. The van der Waals surface area contributed by atoms with Gasteiger partial charge in [-0.3, -0.25) is 10.1 Å². The molecule has 2 rings (SSSR count). The summed E-state index contributed by atoms with van der Waals surface area (Å²) in [6.45, 7) is 1.79. The number of benzene rings is 1. The normalized spacial score (nSPS) is 10.5. The summed E-state index contributed by atoms with van der Waals surface area (Å²) in [7, 11) is 0. The average Bonchev–Trinajstić information content (AvgIpc) is 2.17. The third-order valence-electron chi connectivity index (χ3n) is 2.25. The van der Waals surface area contributed by atoms with Crippen molar-refractivity contribution < 1.29 is 9.65 Å². The quantitative estimate of drug-likeness (QED) is 0.307. The molecule has 0 atom stereocenters. The average molecular weight is 204 g/mol. The van der Waals surface area contributed by atoms with E-state index in [1.54, 1.807) is 25.1 Å². The van der Waals surface area contributed by atoms with Gasteiger partial charge in [-0.25, -0.2) is 0 Å². The number of nitro groups is 1. The van der Waals surface area contributed by atoms with Crippen LogP contribution in [0, 0.1) is 22.2 Å². The summed E-state index contributed by atoms with van der Waals surface area (Å²) in [5.41, 5.74) is 1.09. The Morgan fingerprint density at radius 2 is 2.13 bits per heavy atom. The molecule has 15 heavy (non-hydrogen) atoms. The van der Waals surface area contributed by atoms with E-state index in [0.717, 1.165) is 11.8 Å². The molecule has 0 saturated carbocycles. The topological polar surface area (TPSA) is 70.1 Å². The fourth-order valence-corrected chi connectivity index (χ4v) is 1.58. The largest absolute Gasteiger partial charge is 0.618 e. The minimum Gasteiger partial charge on any atom is -0.618 e. The summed E-state index contributed by atoms with van der Waals surface area (Å²) in [5, 5.41) is 22.7. The molecule has 76 valence electrons. The molecule has 0 fully saturated rings. The molecule has 0 N–H and O–H groups in total. The first-order valence-electron chi connectivity index (χ1n) is 4.36. The van der Waals surface area contributed by atoms with E-state index >= 15 is 0 Å². The van der Waals surface area contributed by atoms with Crippen molar-refractivity contribution in [1.82, 2.24) is 0 Å². The molecule has 0 radical (unpaired) electrons. The van der Waals surface area contributed by atoms with E-state index in [4.69, 9.17) is 0 Å². The zero-order valence-electron chi connectivity index (χ0n) is 8.01. The maximum atomic E-state index is 11.5. The lowest BCUT2D eigenvalue weighted by molar-refractivity contribution is -0.582. The van der Waals surface area contributed by atoms with Gasteiger partial charge in [0.1, 0.15) is 0 Å². The van der Waals surface area contributed by atoms with E-state index in [9.17, 15) is 15.3 Å². The predicted molar refractivity (Wildman–Crippen MR) is 54.3 cm³/mol. The minimum atomic E-state index is -0.573. The van der Waals surface area contributed by atoms with Gasteiger partial charge in [0.25, 0.3) is 6.20 Å². The monoisotopic (exact) mass is 204 g/mol. The number of fused-ring (bicyclic) bond motifs is 1. The highest BCUT2D eigenvalue weighted by atomic mass is 16.6. The zero-order chi connectivity index (χ0) is 11.0. The number of aryl methyl sites for hydroxylation is 1. The van der Waals surface area contributed by atoms with E-state index in [2.05, 4.69) is 0 Å². The van der Waals surface area contributed by atoms with Crippen molar-refractivity contribution in [3.8, 4) is 0 Å². The first-order chi connectivity index (χ1) is 7.09. The lowest BCUT2D eigenvalue weighted by Gasteiger charge is -2.03. The Labute approximate surface area is 85.3 Å². The highest BCUT2D eigenvalue weighted by Crippen LogP contribution is 2.19. The standard InChI is InChI=1S/C10H8N2O3/c1-7-3-2-4-8-5-9(12(14)15)6-11(13)10(7)8/h2-6H,1H3. The Bertz CT molecular complexity index is 552. The smallest absolute Gasteiger partial charge is 0.334 e. The van der Waals surface area contributed by atoms with Gasteiger partial charge in [-0.15, -0.1) is 0 Å². The van der Waals surface area contributed by atoms with Crippen LogP contribution in [-0.4, -0.2) is 4.92 Å². The summed E-state index contributed by atoms with van der Waals surface area (Å²) < 4.78 is 0.544. The maximum absolute atomic E-state index is 11.5. The van der Waals surface area contributed by atoms with Crippen LogP contribution in [0.25, 0.3) is 10.9 Å². The summed E-state index contributed by atoms with van der Waals surface area (Å²) >= 11 is 0. The van der Waals surface area contributed by atoms with E-state index in [0.29, 0.717) is 15.6 Å². The molecule has 0 aliphatic carbocycles. The van der Waals surface area contributed by atoms with Gasteiger partial charge < -0.3 is 5.21 Å². The molecule has 5 nitrogen and oxygen atoms in total. The summed E-state index contributed by atoms with van der Waals surface area (Å²) in [6, 6.07) is 6.64. The van der Waals surface area contributed by atoms with Gasteiger partial charge in [0.05, 0.1) is 10.3 Å². The predicted octanol–water partition coefficient (Wildman–Crippen LogP) is 1.69. The van der Waals surface area contributed by atoms with Crippen molar-refractivity contribution >= 4 is 16.6 Å². The Morgan fingerprint density at radius 1 is 1.40 bits per heavy atom. The van der Waals surface area contributed by atoms with Gasteiger partial charge >= 0.3 is 5.69 Å². The first-order valence-corrected chi connectivity index (χ1v) is 4.36. The van der Waals surface area contributed by atoms with E-state index < -0.39 is 4.92 Å². The highest BCUT2D eigenvalue weighted by molar-refractivity contribution is 5.80. The third-order valence-corrected chi connectivity index (χ3v) is 2.25. The number of pyridine rings is 1. The zero-order valence-corrected chi connectivity index (χ0v) is 8.01. The molecule has 2 aromatic rings. The number of nitrogens with zero attached hydrogens (tertiary/aromatic N) is 2. The molecular formula is C10H8N2O3. The fourth-order valence-electron chi connectivity index (χ4n) is 1.58. The molecule has 0 bridgehead atoms.